The molecule has 0 radical (unpaired) electrons. The van der Waals surface area contributed by atoms with E-state index in [4.69, 9.17) is 14.3 Å². The van der Waals surface area contributed by atoms with Crippen LogP contribution in [0.15, 0.2) is 113 Å². The summed E-state index contributed by atoms with van der Waals surface area (Å²) < 4.78 is 13.4. The zero-order chi connectivity index (χ0) is 26.2. The second kappa shape index (κ2) is 12.3. The van der Waals surface area contributed by atoms with Gasteiger partial charge in [-0.3, -0.25) is 0 Å². The number of anilines is 1. The van der Waals surface area contributed by atoms with Gasteiger partial charge in [-0.05, 0) is 32.6 Å². The lowest BCUT2D eigenvalue weighted by molar-refractivity contribution is -0.0780. The van der Waals surface area contributed by atoms with E-state index in [0.717, 1.165) is 26.9 Å². The molecule has 0 bridgehead atoms. The topological polar surface area (TPSA) is 69.1 Å². The van der Waals surface area contributed by atoms with Crippen molar-refractivity contribution in [1.82, 2.24) is 9.97 Å². The third-order valence-electron chi connectivity index (χ3n) is 6.45. The van der Waals surface area contributed by atoms with E-state index < -0.39 is 5.60 Å². The molecule has 2 heterocycles. The standard InChI is InChI=1S/C30H29BrN4O3/c1-36-28(22-38-34-27-19-35(20-27)29-32-17-26(31)18-33-29)21-37-30(23-11-5-2-6-12-23,24-13-7-3-8-14-24)25-15-9-4-10-16-25/h2-18,28H,19-22H2,1H3. The quantitative estimate of drug-likeness (QED) is 0.176. The average molecular weight is 573 g/mol. The van der Waals surface area contributed by atoms with E-state index in [2.05, 4.69) is 67.5 Å². The first kappa shape index (κ1) is 26.0. The van der Waals surface area contributed by atoms with Crippen molar-refractivity contribution in [2.75, 3.05) is 38.3 Å². The number of hydrogen-bond donors (Lipinski definition) is 0. The molecule has 0 spiro atoms. The van der Waals surface area contributed by atoms with Crippen molar-refractivity contribution in [2.45, 2.75) is 11.7 Å². The van der Waals surface area contributed by atoms with Crippen LogP contribution in [0.2, 0.25) is 0 Å². The molecule has 1 unspecified atom stereocenters. The highest BCUT2D eigenvalue weighted by molar-refractivity contribution is 9.10. The van der Waals surface area contributed by atoms with Crippen molar-refractivity contribution in [3.05, 3.63) is 125 Å². The maximum atomic E-state index is 6.84. The largest absolute Gasteiger partial charge is 0.393 e. The normalized spacial score (nSPS) is 14.1. The molecule has 194 valence electrons. The van der Waals surface area contributed by atoms with E-state index in [1.807, 2.05) is 59.5 Å². The number of nitrogens with zero attached hydrogens (tertiary/aromatic N) is 4. The van der Waals surface area contributed by atoms with E-state index in [0.29, 0.717) is 25.6 Å². The maximum Gasteiger partial charge on any atom is 0.226 e. The van der Waals surface area contributed by atoms with Crippen molar-refractivity contribution in [3.63, 3.8) is 0 Å². The van der Waals surface area contributed by atoms with Gasteiger partial charge in [0.1, 0.15) is 18.3 Å². The zero-order valence-electron chi connectivity index (χ0n) is 21.1. The molecule has 1 saturated heterocycles. The second-order valence-corrected chi connectivity index (χ2v) is 9.87. The van der Waals surface area contributed by atoms with Gasteiger partial charge in [0, 0.05) is 19.5 Å². The molecular formula is C30H29BrN4O3. The van der Waals surface area contributed by atoms with E-state index in [-0.39, 0.29) is 12.7 Å². The van der Waals surface area contributed by atoms with Gasteiger partial charge in [0.2, 0.25) is 5.95 Å². The van der Waals surface area contributed by atoms with Crippen molar-refractivity contribution >= 4 is 27.6 Å². The highest BCUT2D eigenvalue weighted by Crippen LogP contribution is 2.40. The summed E-state index contributed by atoms with van der Waals surface area (Å²) in [5.41, 5.74) is 3.24. The Morgan fingerprint density at radius 2 is 1.32 bits per heavy atom. The molecule has 1 atom stereocenters. The van der Waals surface area contributed by atoms with Crippen LogP contribution in [0.3, 0.4) is 0 Å². The first-order chi connectivity index (χ1) is 18.7. The Kier molecular flexibility index (Phi) is 8.43. The van der Waals surface area contributed by atoms with Crippen LogP contribution in [-0.2, 0) is 19.9 Å². The lowest BCUT2D eigenvalue weighted by Gasteiger charge is -2.37. The molecule has 0 aliphatic carbocycles. The van der Waals surface area contributed by atoms with Gasteiger partial charge in [-0.2, -0.15) is 0 Å². The van der Waals surface area contributed by atoms with E-state index in [9.17, 15) is 0 Å². The van der Waals surface area contributed by atoms with Crippen molar-refractivity contribution in [3.8, 4) is 0 Å². The summed E-state index contributed by atoms with van der Waals surface area (Å²) in [7, 11) is 1.66. The van der Waals surface area contributed by atoms with Gasteiger partial charge in [-0.25, -0.2) is 9.97 Å². The fourth-order valence-electron chi connectivity index (χ4n) is 4.44. The van der Waals surface area contributed by atoms with Gasteiger partial charge in [-0.15, -0.1) is 0 Å². The second-order valence-electron chi connectivity index (χ2n) is 8.96. The van der Waals surface area contributed by atoms with E-state index in [1.165, 1.54) is 0 Å². The summed E-state index contributed by atoms with van der Waals surface area (Å²) in [6.45, 7) is 1.84. The van der Waals surface area contributed by atoms with Gasteiger partial charge >= 0.3 is 0 Å². The minimum absolute atomic E-state index is 0.267. The number of aromatic nitrogens is 2. The molecule has 5 rings (SSSR count). The summed E-state index contributed by atoms with van der Waals surface area (Å²) in [5, 5.41) is 4.30. The van der Waals surface area contributed by atoms with Gasteiger partial charge < -0.3 is 19.2 Å². The molecule has 0 N–H and O–H groups in total. The highest BCUT2D eigenvalue weighted by Gasteiger charge is 2.38. The fourth-order valence-corrected chi connectivity index (χ4v) is 4.65. The summed E-state index contributed by atoms with van der Waals surface area (Å²) in [5.74, 6) is 0.675. The third-order valence-corrected chi connectivity index (χ3v) is 6.86. The van der Waals surface area contributed by atoms with Gasteiger partial charge in [-0.1, -0.05) is 96.2 Å². The fraction of sp³-hybridized carbons (Fsp3) is 0.233. The predicted octanol–water partition coefficient (Wildman–Crippen LogP) is 5.46. The lowest BCUT2D eigenvalue weighted by Crippen LogP contribution is -2.48. The lowest BCUT2D eigenvalue weighted by atomic mass is 9.80. The first-order valence-electron chi connectivity index (χ1n) is 12.4. The van der Waals surface area contributed by atoms with Gasteiger partial charge in [0.05, 0.1) is 29.9 Å². The Morgan fingerprint density at radius 3 is 1.79 bits per heavy atom. The van der Waals surface area contributed by atoms with Crippen LogP contribution in [0.1, 0.15) is 16.7 Å². The van der Waals surface area contributed by atoms with E-state index >= 15 is 0 Å². The summed E-state index contributed by atoms with van der Waals surface area (Å²) in [6.07, 6.45) is 3.15. The number of methoxy groups -OCH3 is 1. The third kappa shape index (κ3) is 5.78. The number of hydrogen-bond acceptors (Lipinski definition) is 7. The molecule has 38 heavy (non-hydrogen) atoms. The molecule has 8 heteroatoms. The Hall–Kier alpha value is -3.59. The number of rotatable bonds is 11. The van der Waals surface area contributed by atoms with E-state index in [1.54, 1.807) is 19.5 Å². The molecular weight excluding hydrogens is 544 g/mol. The molecule has 4 aromatic rings. The summed E-state index contributed by atoms with van der Waals surface area (Å²) in [6, 6.07) is 30.8. The Balaban J connectivity index is 1.29. The molecule has 1 aliphatic heterocycles. The van der Waals surface area contributed by atoms with Crippen LogP contribution in [0.5, 0.6) is 0 Å². The Labute approximate surface area is 231 Å². The number of ether oxygens (including phenoxy) is 2. The molecule has 1 aliphatic rings. The number of halogens is 1. The molecule has 1 aromatic heterocycles. The molecule has 0 saturated carbocycles. The van der Waals surface area contributed by atoms with Crippen molar-refractivity contribution in [2.24, 2.45) is 5.16 Å². The zero-order valence-corrected chi connectivity index (χ0v) is 22.7. The monoisotopic (exact) mass is 572 g/mol. The van der Waals surface area contributed by atoms with Gasteiger partial charge in [0.25, 0.3) is 0 Å². The molecule has 7 nitrogen and oxygen atoms in total. The number of benzene rings is 3. The maximum absolute atomic E-state index is 6.84. The van der Waals surface area contributed by atoms with Crippen LogP contribution in [-0.4, -0.2) is 55.2 Å². The van der Waals surface area contributed by atoms with Crippen LogP contribution < -0.4 is 4.90 Å². The van der Waals surface area contributed by atoms with Crippen molar-refractivity contribution in [1.29, 1.82) is 0 Å². The van der Waals surface area contributed by atoms with Crippen LogP contribution in [0.25, 0.3) is 0 Å². The Morgan fingerprint density at radius 1 is 0.816 bits per heavy atom. The predicted molar refractivity (Wildman–Crippen MR) is 151 cm³/mol. The molecule has 1 fully saturated rings. The SMILES string of the molecule is COC(CON=C1CN(c2ncc(Br)cn2)C1)COC(c1ccccc1)(c1ccccc1)c1ccccc1. The number of oxime groups is 1. The van der Waals surface area contributed by atoms with Gasteiger partial charge in [0.15, 0.2) is 0 Å². The summed E-state index contributed by atoms with van der Waals surface area (Å²) >= 11 is 3.36. The highest BCUT2D eigenvalue weighted by atomic mass is 79.9. The molecule has 3 aromatic carbocycles. The Bertz CT molecular complexity index is 1220. The minimum atomic E-state index is -0.814. The smallest absolute Gasteiger partial charge is 0.226 e. The summed E-state index contributed by atoms with van der Waals surface area (Å²) in [4.78, 5) is 16.3. The van der Waals surface area contributed by atoms with Crippen LogP contribution >= 0.6 is 15.9 Å². The average Bonchev–Trinajstić information content (AvgIpc) is 2.96. The van der Waals surface area contributed by atoms with Crippen LogP contribution in [0, 0.1) is 0 Å². The van der Waals surface area contributed by atoms with Crippen molar-refractivity contribution < 1.29 is 14.3 Å². The minimum Gasteiger partial charge on any atom is -0.393 e. The molecule has 0 amide bonds. The first-order valence-corrected chi connectivity index (χ1v) is 13.2. The van der Waals surface area contributed by atoms with Crippen LogP contribution in [0.4, 0.5) is 5.95 Å².